The first-order valence-corrected chi connectivity index (χ1v) is 7.36. The van der Waals surface area contributed by atoms with E-state index >= 15 is 0 Å². The summed E-state index contributed by atoms with van der Waals surface area (Å²) in [5, 5.41) is 47.5. The molecule has 0 aromatic heterocycles. The van der Waals surface area contributed by atoms with E-state index in [0.29, 0.717) is 0 Å². The highest BCUT2D eigenvalue weighted by molar-refractivity contribution is 5.80. The maximum absolute atomic E-state index is 9.99. The van der Waals surface area contributed by atoms with Crippen LogP contribution in [0.1, 0.15) is 19.3 Å². The van der Waals surface area contributed by atoms with E-state index in [0.717, 1.165) is 0 Å². The normalized spacial score (nSPS) is 10.8. The molecule has 2 atom stereocenters. The van der Waals surface area contributed by atoms with Gasteiger partial charge in [0.25, 0.3) is 0 Å². The number of carbonyl (C=O) groups is 6. The summed E-state index contributed by atoms with van der Waals surface area (Å²) in [5.41, 5.74) is 19.0. The predicted octanol–water partition coefficient (Wildman–Crippen LogP) is -3.80. The molecule has 0 radical (unpaired) electrons. The van der Waals surface area contributed by atoms with Crippen molar-refractivity contribution in [3.05, 3.63) is 0 Å². The summed E-state index contributed by atoms with van der Waals surface area (Å²) in [5.74, 6) is -6.63. The van der Waals surface area contributed by atoms with Crippen LogP contribution in [0.2, 0.25) is 0 Å². The van der Waals surface area contributed by atoms with Gasteiger partial charge in [-0.3, -0.25) is 28.8 Å². The average molecular weight is 430 g/mol. The summed E-state index contributed by atoms with van der Waals surface area (Å²) < 4.78 is 0. The standard InChI is InChI=1S/C5H9NO4.C4H7NO4.2C2H5NO2/c6-3(5(9)10)1-2-4(7)8;5-2(4(8)9)1-3(6)7;2*3-1-2(4)5/h3H,1-2,6H2,(H,7,8)(H,9,10);2H,1,5H2,(H,6,7)(H,8,9);2*1,3H2,(H,4,5). The van der Waals surface area contributed by atoms with E-state index < -0.39 is 54.3 Å². The highest BCUT2D eigenvalue weighted by Crippen LogP contribution is 1.93. The van der Waals surface area contributed by atoms with Gasteiger partial charge in [-0.25, -0.2) is 0 Å². The highest BCUT2D eigenvalue weighted by Gasteiger charge is 2.14. The van der Waals surface area contributed by atoms with Crippen molar-refractivity contribution in [2.24, 2.45) is 22.9 Å². The second kappa shape index (κ2) is 21.0. The molecular weight excluding hydrogens is 404 g/mol. The van der Waals surface area contributed by atoms with E-state index in [9.17, 15) is 28.8 Å². The smallest absolute Gasteiger partial charge is 0.321 e. The summed E-state index contributed by atoms with van der Waals surface area (Å²) >= 11 is 0. The van der Waals surface area contributed by atoms with Crippen molar-refractivity contribution in [1.29, 1.82) is 0 Å². The molecule has 0 spiro atoms. The van der Waals surface area contributed by atoms with Crippen LogP contribution in [0.3, 0.4) is 0 Å². The lowest BCUT2D eigenvalue weighted by atomic mass is 10.2. The number of carboxylic acids is 6. The van der Waals surface area contributed by atoms with Crippen molar-refractivity contribution in [3.8, 4) is 0 Å². The number of carboxylic acid groups (broad SMARTS) is 6. The molecule has 0 saturated heterocycles. The quantitative estimate of drug-likeness (QED) is 0.167. The van der Waals surface area contributed by atoms with Crippen molar-refractivity contribution < 1.29 is 59.4 Å². The molecule has 0 aromatic rings. The van der Waals surface area contributed by atoms with E-state index in [-0.39, 0.29) is 25.9 Å². The molecule has 16 heteroatoms. The van der Waals surface area contributed by atoms with Crippen LogP contribution in [0.4, 0.5) is 0 Å². The number of aliphatic carboxylic acids is 6. The Morgan fingerprint density at radius 2 is 0.897 bits per heavy atom. The molecule has 0 aromatic carbocycles. The third-order valence-electron chi connectivity index (χ3n) is 2.05. The van der Waals surface area contributed by atoms with Gasteiger partial charge in [0.15, 0.2) is 0 Å². The Kier molecular flexibility index (Phi) is 24.0. The van der Waals surface area contributed by atoms with Crippen LogP contribution in [-0.2, 0) is 28.8 Å². The van der Waals surface area contributed by atoms with Crippen LogP contribution in [-0.4, -0.2) is 91.6 Å². The molecule has 2 unspecified atom stereocenters. The SMILES string of the molecule is NC(CC(=O)O)C(=O)O.NC(CCC(=O)O)C(=O)O.NCC(=O)O.NCC(=O)O. The van der Waals surface area contributed by atoms with Gasteiger partial charge in [0, 0.05) is 6.42 Å². The third-order valence-corrected chi connectivity index (χ3v) is 2.05. The molecule has 16 nitrogen and oxygen atoms in total. The third kappa shape index (κ3) is 40.6. The highest BCUT2D eigenvalue weighted by atomic mass is 16.4. The molecule has 0 rings (SSSR count). The van der Waals surface area contributed by atoms with E-state index in [1.807, 2.05) is 0 Å². The number of rotatable bonds is 9. The molecule has 170 valence electrons. The Balaban J connectivity index is -0.000000151. The lowest BCUT2D eigenvalue weighted by Crippen LogP contribution is -2.32. The first-order valence-electron chi connectivity index (χ1n) is 7.36. The lowest BCUT2D eigenvalue weighted by Gasteiger charge is -2.01. The Morgan fingerprint density at radius 3 is 1.03 bits per heavy atom. The zero-order valence-corrected chi connectivity index (χ0v) is 15.1. The van der Waals surface area contributed by atoms with Crippen molar-refractivity contribution in [1.82, 2.24) is 0 Å². The first kappa shape index (κ1) is 33.3. The molecule has 0 fully saturated rings. The van der Waals surface area contributed by atoms with Crippen LogP contribution in [0.15, 0.2) is 0 Å². The van der Waals surface area contributed by atoms with E-state index in [1.54, 1.807) is 0 Å². The molecule has 0 amide bonds. The molecule has 14 N–H and O–H groups in total. The molecule has 0 aliphatic rings. The van der Waals surface area contributed by atoms with Gasteiger partial charge in [-0.05, 0) is 6.42 Å². The minimum Gasteiger partial charge on any atom is -0.481 e. The first-order chi connectivity index (χ1) is 13.1. The van der Waals surface area contributed by atoms with Gasteiger partial charge < -0.3 is 53.6 Å². The van der Waals surface area contributed by atoms with E-state index in [2.05, 4.69) is 11.5 Å². The second-order valence-electron chi connectivity index (χ2n) is 4.62. The van der Waals surface area contributed by atoms with Gasteiger partial charge in [0.2, 0.25) is 0 Å². The van der Waals surface area contributed by atoms with E-state index in [1.165, 1.54) is 0 Å². The molecule has 29 heavy (non-hydrogen) atoms. The van der Waals surface area contributed by atoms with Crippen molar-refractivity contribution in [3.63, 3.8) is 0 Å². The second-order valence-corrected chi connectivity index (χ2v) is 4.62. The minimum atomic E-state index is -1.29. The van der Waals surface area contributed by atoms with Crippen LogP contribution in [0.25, 0.3) is 0 Å². The van der Waals surface area contributed by atoms with Crippen LogP contribution >= 0.6 is 0 Å². The van der Waals surface area contributed by atoms with Crippen LogP contribution in [0.5, 0.6) is 0 Å². The number of nitrogens with two attached hydrogens (primary N) is 4. The van der Waals surface area contributed by atoms with Crippen molar-refractivity contribution in [2.45, 2.75) is 31.3 Å². The lowest BCUT2D eigenvalue weighted by molar-refractivity contribution is -0.144. The molecule has 0 saturated carbocycles. The van der Waals surface area contributed by atoms with E-state index in [4.69, 9.17) is 42.1 Å². The molecule has 0 aliphatic heterocycles. The summed E-state index contributed by atoms with van der Waals surface area (Å²) in [7, 11) is 0. The van der Waals surface area contributed by atoms with Gasteiger partial charge in [-0.2, -0.15) is 0 Å². The Bertz CT molecular complexity index is 526. The monoisotopic (exact) mass is 430 g/mol. The summed E-state index contributed by atoms with van der Waals surface area (Å²) in [6.45, 7) is -0.556. The van der Waals surface area contributed by atoms with Gasteiger partial charge in [0.05, 0.1) is 19.5 Å². The zero-order valence-electron chi connectivity index (χ0n) is 15.1. The predicted molar refractivity (Wildman–Crippen MR) is 93.7 cm³/mol. The number of hydrogen-bond donors (Lipinski definition) is 10. The number of hydrogen-bond acceptors (Lipinski definition) is 10. The van der Waals surface area contributed by atoms with Crippen LogP contribution < -0.4 is 22.9 Å². The molecule has 0 heterocycles. The Hall–Kier alpha value is -3.34. The Labute approximate surface area is 163 Å². The fourth-order valence-corrected chi connectivity index (χ4v) is 0.678. The fourth-order valence-electron chi connectivity index (χ4n) is 0.678. The molecular formula is C13H26N4O12. The largest absolute Gasteiger partial charge is 0.481 e. The zero-order chi connectivity index (χ0) is 24.2. The minimum absolute atomic E-state index is 0.0231. The maximum atomic E-state index is 9.99. The van der Waals surface area contributed by atoms with Gasteiger partial charge in [-0.1, -0.05) is 0 Å². The van der Waals surface area contributed by atoms with Crippen molar-refractivity contribution >= 4 is 35.8 Å². The fraction of sp³-hybridized carbons (Fsp3) is 0.538. The molecule has 0 aliphatic carbocycles. The molecule has 0 bridgehead atoms. The van der Waals surface area contributed by atoms with Gasteiger partial charge in [0.1, 0.15) is 12.1 Å². The van der Waals surface area contributed by atoms with Crippen LogP contribution in [0, 0.1) is 0 Å². The maximum Gasteiger partial charge on any atom is 0.321 e. The summed E-state index contributed by atoms with van der Waals surface area (Å²) in [6, 6.07) is -2.35. The summed E-state index contributed by atoms with van der Waals surface area (Å²) in [6.07, 6.45) is -0.756. The average Bonchev–Trinajstić information content (AvgIpc) is 2.60. The Morgan fingerprint density at radius 1 is 0.586 bits per heavy atom. The van der Waals surface area contributed by atoms with Gasteiger partial charge in [-0.15, -0.1) is 0 Å². The van der Waals surface area contributed by atoms with Crippen molar-refractivity contribution in [2.75, 3.05) is 13.1 Å². The summed E-state index contributed by atoms with van der Waals surface area (Å²) in [4.78, 5) is 58.0. The topological polar surface area (TPSA) is 328 Å². The van der Waals surface area contributed by atoms with Gasteiger partial charge >= 0.3 is 35.8 Å².